The number of piperidine rings is 1. The van der Waals surface area contributed by atoms with Crippen LogP contribution in [0.3, 0.4) is 0 Å². The van der Waals surface area contributed by atoms with Crippen molar-refractivity contribution in [3.8, 4) is 0 Å². The number of nitrogens with one attached hydrogen (secondary N) is 2. The van der Waals surface area contributed by atoms with Gasteiger partial charge in [0.05, 0.1) is 12.6 Å². The van der Waals surface area contributed by atoms with Crippen LogP contribution in [0.25, 0.3) is 0 Å². The minimum absolute atomic E-state index is 0.123. The molecule has 5 heteroatoms. The third kappa shape index (κ3) is 7.31. The molecule has 1 saturated carbocycles. The summed E-state index contributed by atoms with van der Waals surface area (Å²) in [4.78, 5) is 7.38. The molecule has 1 aliphatic carbocycles. The van der Waals surface area contributed by atoms with Crippen molar-refractivity contribution in [3.63, 3.8) is 0 Å². The molecule has 3 N–H and O–H groups in total. The maximum Gasteiger partial charge on any atom is 0.191 e. The molecule has 2 atom stereocenters. The number of rotatable bonds is 6. The lowest BCUT2D eigenvalue weighted by Crippen LogP contribution is -2.45. The van der Waals surface area contributed by atoms with Crippen LogP contribution >= 0.6 is 0 Å². The SMILES string of the molecule is CCNC(=NCc1ccc(CN2CC(C)CC(C)C2)cc1)NC1CCC(O)CC1. The Hall–Kier alpha value is -1.59. The van der Waals surface area contributed by atoms with Crippen LogP contribution in [0.2, 0.25) is 0 Å². The van der Waals surface area contributed by atoms with Crippen LogP contribution in [0, 0.1) is 11.8 Å². The van der Waals surface area contributed by atoms with Crippen LogP contribution in [0.1, 0.15) is 64.0 Å². The number of benzene rings is 1. The highest BCUT2D eigenvalue weighted by molar-refractivity contribution is 5.80. The lowest BCUT2D eigenvalue weighted by Gasteiger charge is -2.35. The Labute approximate surface area is 177 Å². The summed E-state index contributed by atoms with van der Waals surface area (Å²) in [5.41, 5.74) is 2.63. The predicted molar refractivity (Wildman–Crippen MR) is 121 cm³/mol. The van der Waals surface area contributed by atoms with Crippen LogP contribution in [0.5, 0.6) is 0 Å². The first-order chi connectivity index (χ1) is 14.0. The molecular weight excluding hydrogens is 360 g/mol. The van der Waals surface area contributed by atoms with Gasteiger partial charge in [0.25, 0.3) is 0 Å². The number of aliphatic hydroxyl groups excluding tert-OH is 1. The van der Waals surface area contributed by atoms with Crippen molar-refractivity contribution in [2.24, 2.45) is 16.8 Å². The molecule has 2 aliphatic rings. The zero-order valence-electron chi connectivity index (χ0n) is 18.5. The number of nitrogens with zero attached hydrogens (tertiary/aromatic N) is 2. The van der Waals surface area contributed by atoms with E-state index in [1.54, 1.807) is 0 Å². The molecule has 29 heavy (non-hydrogen) atoms. The first-order valence-electron chi connectivity index (χ1n) is 11.5. The highest BCUT2D eigenvalue weighted by Gasteiger charge is 2.22. The van der Waals surface area contributed by atoms with Gasteiger partial charge >= 0.3 is 0 Å². The molecule has 1 aromatic rings. The number of likely N-dealkylation sites (tertiary alicyclic amines) is 1. The predicted octanol–water partition coefficient (Wildman–Crippen LogP) is 3.52. The van der Waals surface area contributed by atoms with Crippen LogP contribution < -0.4 is 10.6 Å². The zero-order chi connectivity index (χ0) is 20.6. The van der Waals surface area contributed by atoms with E-state index < -0.39 is 0 Å². The number of aliphatic hydroxyl groups is 1. The molecule has 1 aromatic carbocycles. The second-order valence-electron chi connectivity index (χ2n) is 9.30. The molecule has 0 radical (unpaired) electrons. The van der Waals surface area contributed by atoms with Gasteiger partial charge in [-0.3, -0.25) is 4.90 Å². The topological polar surface area (TPSA) is 59.9 Å². The first-order valence-corrected chi connectivity index (χ1v) is 11.5. The van der Waals surface area contributed by atoms with Gasteiger partial charge in [-0.05, 0) is 62.0 Å². The summed E-state index contributed by atoms with van der Waals surface area (Å²) in [6, 6.07) is 9.37. The van der Waals surface area contributed by atoms with Crippen LogP contribution in [-0.2, 0) is 13.1 Å². The van der Waals surface area contributed by atoms with Gasteiger partial charge in [0.1, 0.15) is 0 Å². The number of hydrogen-bond donors (Lipinski definition) is 3. The molecule has 3 rings (SSSR count). The molecule has 0 bridgehead atoms. The van der Waals surface area contributed by atoms with E-state index in [9.17, 15) is 5.11 Å². The molecule has 2 fully saturated rings. The van der Waals surface area contributed by atoms with Gasteiger partial charge < -0.3 is 15.7 Å². The van der Waals surface area contributed by atoms with E-state index in [1.807, 2.05) is 0 Å². The number of aliphatic imine (C=N–C) groups is 1. The van der Waals surface area contributed by atoms with Gasteiger partial charge in [-0.2, -0.15) is 0 Å². The highest BCUT2D eigenvalue weighted by Crippen LogP contribution is 2.22. The lowest BCUT2D eigenvalue weighted by molar-refractivity contribution is 0.120. The third-order valence-corrected chi connectivity index (χ3v) is 6.18. The van der Waals surface area contributed by atoms with Crippen molar-refractivity contribution < 1.29 is 5.11 Å². The van der Waals surface area contributed by atoms with Crippen molar-refractivity contribution in [1.82, 2.24) is 15.5 Å². The molecule has 2 unspecified atom stereocenters. The molecule has 0 spiro atoms. The summed E-state index contributed by atoms with van der Waals surface area (Å²) in [5, 5.41) is 16.6. The van der Waals surface area contributed by atoms with E-state index >= 15 is 0 Å². The minimum atomic E-state index is -0.123. The van der Waals surface area contributed by atoms with E-state index in [0.717, 1.165) is 56.6 Å². The molecule has 5 nitrogen and oxygen atoms in total. The van der Waals surface area contributed by atoms with Crippen LogP contribution in [0.4, 0.5) is 0 Å². The average molecular weight is 401 g/mol. The molecule has 1 saturated heterocycles. The second kappa shape index (κ2) is 11.0. The van der Waals surface area contributed by atoms with Gasteiger partial charge in [-0.25, -0.2) is 4.99 Å². The number of guanidine groups is 1. The van der Waals surface area contributed by atoms with Gasteiger partial charge in [-0.15, -0.1) is 0 Å². The Bertz CT molecular complexity index is 627. The van der Waals surface area contributed by atoms with Gasteiger partial charge in [0.15, 0.2) is 5.96 Å². The van der Waals surface area contributed by atoms with Crippen molar-refractivity contribution in [2.45, 2.75) is 78.1 Å². The van der Waals surface area contributed by atoms with Crippen LogP contribution in [-0.4, -0.2) is 47.7 Å². The third-order valence-electron chi connectivity index (χ3n) is 6.18. The average Bonchev–Trinajstić information content (AvgIpc) is 2.68. The monoisotopic (exact) mass is 400 g/mol. The van der Waals surface area contributed by atoms with Crippen molar-refractivity contribution >= 4 is 5.96 Å². The highest BCUT2D eigenvalue weighted by atomic mass is 16.3. The minimum Gasteiger partial charge on any atom is -0.393 e. The summed E-state index contributed by atoms with van der Waals surface area (Å²) in [5.74, 6) is 2.49. The Morgan fingerprint density at radius 1 is 1.03 bits per heavy atom. The van der Waals surface area contributed by atoms with Crippen molar-refractivity contribution in [2.75, 3.05) is 19.6 Å². The molecule has 0 amide bonds. The molecule has 0 aromatic heterocycles. The van der Waals surface area contributed by atoms with Crippen molar-refractivity contribution in [1.29, 1.82) is 0 Å². The summed E-state index contributed by atoms with van der Waals surface area (Å²) in [6.07, 6.45) is 5.02. The molecule has 162 valence electrons. The van der Waals surface area contributed by atoms with Crippen molar-refractivity contribution in [3.05, 3.63) is 35.4 Å². The van der Waals surface area contributed by atoms with E-state index in [2.05, 4.69) is 60.6 Å². The summed E-state index contributed by atoms with van der Waals surface area (Å²) < 4.78 is 0. The standard InChI is InChI=1S/C24H40N4O/c1-4-25-24(27-22-9-11-23(29)12-10-22)26-14-20-5-7-21(8-6-20)17-28-15-18(2)13-19(3)16-28/h5-8,18-19,22-23,29H,4,9-17H2,1-3H3,(H2,25,26,27). The second-order valence-corrected chi connectivity index (χ2v) is 9.30. The summed E-state index contributed by atoms with van der Waals surface area (Å²) in [6.45, 7) is 11.9. The fraction of sp³-hybridized carbons (Fsp3) is 0.708. The summed E-state index contributed by atoms with van der Waals surface area (Å²) in [7, 11) is 0. The van der Waals surface area contributed by atoms with Gasteiger partial charge in [0, 0.05) is 32.2 Å². The quantitative estimate of drug-likeness (QED) is 0.505. The van der Waals surface area contributed by atoms with E-state index in [1.165, 1.54) is 30.6 Å². The van der Waals surface area contributed by atoms with Gasteiger partial charge in [0.2, 0.25) is 0 Å². The first kappa shape index (κ1) is 22.1. The van der Waals surface area contributed by atoms with E-state index in [0.29, 0.717) is 12.6 Å². The largest absolute Gasteiger partial charge is 0.393 e. The maximum atomic E-state index is 9.69. The molecular formula is C24H40N4O. The Morgan fingerprint density at radius 3 is 2.28 bits per heavy atom. The Morgan fingerprint density at radius 2 is 1.66 bits per heavy atom. The van der Waals surface area contributed by atoms with E-state index in [-0.39, 0.29) is 6.10 Å². The fourth-order valence-corrected chi connectivity index (χ4v) is 4.83. The Balaban J connectivity index is 1.51. The molecule has 1 aliphatic heterocycles. The lowest BCUT2D eigenvalue weighted by atomic mass is 9.91. The van der Waals surface area contributed by atoms with Crippen LogP contribution in [0.15, 0.2) is 29.3 Å². The normalized spacial score (nSPS) is 28.9. The maximum absolute atomic E-state index is 9.69. The number of hydrogen-bond acceptors (Lipinski definition) is 3. The smallest absolute Gasteiger partial charge is 0.191 e. The summed E-state index contributed by atoms with van der Waals surface area (Å²) >= 11 is 0. The van der Waals surface area contributed by atoms with E-state index in [4.69, 9.17) is 4.99 Å². The van der Waals surface area contributed by atoms with Gasteiger partial charge in [-0.1, -0.05) is 38.1 Å². The molecule has 1 heterocycles. The fourth-order valence-electron chi connectivity index (χ4n) is 4.83. The zero-order valence-corrected chi connectivity index (χ0v) is 18.5. The Kier molecular flexibility index (Phi) is 8.37.